The first kappa shape index (κ1) is 16.3. The van der Waals surface area contributed by atoms with E-state index < -0.39 is 0 Å². The number of ether oxygens (including phenoxy) is 1. The second-order valence-corrected chi connectivity index (χ2v) is 4.80. The topological polar surface area (TPSA) is 41.6 Å². The van der Waals surface area contributed by atoms with Crippen LogP contribution < -0.4 is 10.2 Å². The van der Waals surface area contributed by atoms with Crippen LogP contribution in [0.3, 0.4) is 0 Å². The third-order valence-electron chi connectivity index (χ3n) is 2.88. The zero-order chi connectivity index (χ0) is 14.8. The van der Waals surface area contributed by atoms with E-state index >= 15 is 0 Å². The van der Waals surface area contributed by atoms with Crippen molar-refractivity contribution < 1.29 is 9.53 Å². The van der Waals surface area contributed by atoms with Crippen LogP contribution in [0.5, 0.6) is 0 Å². The summed E-state index contributed by atoms with van der Waals surface area (Å²) < 4.78 is 5.03. The maximum Gasteiger partial charge on any atom is 0.411 e. The number of benzene rings is 1. The number of nitrogens with zero attached hydrogens (tertiary/aromatic N) is 1. The van der Waals surface area contributed by atoms with Gasteiger partial charge < -0.3 is 9.64 Å². The quantitative estimate of drug-likeness (QED) is 0.772. The third kappa shape index (κ3) is 5.51. The van der Waals surface area contributed by atoms with Gasteiger partial charge in [0, 0.05) is 24.5 Å². The van der Waals surface area contributed by atoms with E-state index in [4.69, 9.17) is 4.74 Å². The van der Waals surface area contributed by atoms with E-state index in [1.165, 1.54) is 0 Å². The van der Waals surface area contributed by atoms with Crippen molar-refractivity contribution in [2.24, 2.45) is 0 Å². The predicted octanol–water partition coefficient (Wildman–Crippen LogP) is 4.27. The van der Waals surface area contributed by atoms with Crippen LogP contribution in [0, 0.1) is 0 Å². The average molecular weight is 278 g/mol. The number of carbonyl (C=O) groups is 1. The van der Waals surface area contributed by atoms with E-state index in [0.29, 0.717) is 6.61 Å². The largest absolute Gasteiger partial charge is 0.449 e. The Balaban J connectivity index is 2.70. The van der Waals surface area contributed by atoms with Crippen molar-refractivity contribution in [3.05, 3.63) is 24.3 Å². The monoisotopic (exact) mass is 278 g/mol. The lowest BCUT2D eigenvalue weighted by Gasteiger charge is -2.24. The van der Waals surface area contributed by atoms with Crippen LogP contribution in [0.25, 0.3) is 0 Å². The fraction of sp³-hybridized carbons (Fsp3) is 0.562. The number of carbonyl (C=O) groups excluding carboxylic acids is 1. The molecule has 0 bridgehead atoms. The van der Waals surface area contributed by atoms with Crippen molar-refractivity contribution in [2.75, 3.05) is 29.9 Å². The molecule has 0 aromatic heterocycles. The van der Waals surface area contributed by atoms with Gasteiger partial charge in [-0.1, -0.05) is 26.8 Å². The molecule has 1 amide bonds. The highest BCUT2D eigenvalue weighted by Crippen LogP contribution is 2.20. The SMILES string of the molecule is CCCOC(=O)Nc1cccc(N(CCC)CCC)c1. The molecule has 0 spiro atoms. The normalized spacial score (nSPS) is 10.2. The van der Waals surface area contributed by atoms with Gasteiger partial charge in [-0.3, -0.25) is 5.32 Å². The van der Waals surface area contributed by atoms with Crippen LogP contribution in [-0.4, -0.2) is 25.8 Å². The van der Waals surface area contributed by atoms with E-state index in [0.717, 1.165) is 43.7 Å². The number of hydrogen-bond donors (Lipinski definition) is 1. The second-order valence-electron chi connectivity index (χ2n) is 4.80. The molecule has 1 N–H and O–H groups in total. The second kappa shape index (κ2) is 9.23. The van der Waals surface area contributed by atoms with Gasteiger partial charge in [0.05, 0.1) is 6.61 Å². The average Bonchev–Trinajstić information content (AvgIpc) is 2.45. The van der Waals surface area contributed by atoms with Gasteiger partial charge in [0.2, 0.25) is 0 Å². The van der Waals surface area contributed by atoms with Crippen LogP contribution in [0.2, 0.25) is 0 Å². The molecule has 4 nitrogen and oxygen atoms in total. The minimum atomic E-state index is -0.387. The molecule has 1 aromatic rings. The summed E-state index contributed by atoms with van der Waals surface area (Å²) in [5.41, 5.74) is 1.92. The zero-order valence-electron chi connectivity index (χ0n) is 12.8. The van der Waals surface area contributed by atoms with Crippen molar-refractivity contribution in [1.82, 2.24) is 0 Å². The Kier molecular flexibility index (Phi) is 7.55. The van der Waals surface area contributed by atoms with Crippen LogP contribution in [0.15, 0.2) is 24.3 Å². The Labute approximate surface area is 122 Å². The molecule has 20 heavy (non-hydrogen) atoms. The molecule has 0 atom stereocenters. The fourth-order valence-corrected chi connectivity index (χ4v) is 2.04. The summed E-state index contributed by atoms with van der Waals surface area (Å²) in [4.78, 5) is 13.9. The number of anilines is 2. The van der Waals surface area contributed by atoms with Gasteiger partial charge in [0.25, 0.3) is 0 Å². The maximum absolute atomic E-state index is 11.6. The van der Waals surface area contributed by atoms with Gasteiger partial charge in [-0.2, -0.15) is 0 Å². The summed E-state index contributed by atoms with van der Waals surface area (Å²) in [6, 6.07) is 7.92. The lowest BCUT2D eigenvalue weighted by molar-refractivity contribution is 0.161. The van der Waals surface area contributed by atoms with Crippen LogP contribution in [0.4, 0.5) is 16.2 Å². The zero-order valence-corrected chi connectivity index (χ0v) is 12.8. The highest BCUT2D eigenvalue weighted by molar-refractivity contribution is 5.85. The van der Waals surface area contributed by atoms with Crippen molar-refractivity contribution in [3.63, 3.8) is 0 Å². The summed E-state index contributed by atoms with van der Waals surface area (Å²) in [6.45, 7) is 8.82. The van der Waals surface area contributed by atoms with Gasteiger partial charge >= 0.3 is 6.09 Å². The van der Waals surface area contributed by atoms with E-state index in [2.05, 4.69) is 30.1 Å². The Hall–Kier alpha value is -1.71. The molecule has 0 aliphatic carbocycles. The first-order chi connectivity index (χ1) is 9.71. The first-order valence-corrected chi connectivity index (χ1v) is 7.50. The summed E-state index contributed by atoms with van der Waals surface area (Å²) >= 11 is 0. The standard InChI is InChI=1S/C16H26N2O2/c1-4-10-18(11-5-2)15-9-7-8-14(13-15)17-16(19)20-12-6-3/h7-9,13H,4-6,10-12H2,1-3H3,(H,17,19). The molecule has 1 rings (SSSR count). The molecule has 0 radical (unpaired) electrons. The predicted molar refractivity (Wildman–Crippen MR) is 84.5 cm³/mol. The Morgan fingerprint density at radius 3 is 2.45 bits per heavy atom. The van der Waals surface area contributed by atoms with Gasteiger partial charge in [-0.05, 0) is 37.5 Å². The lowest BCUT2D eigenvalue weighted by atomic mass is 10.2. The van der Waals surface area contributed by atoms with E-state index in [-0.39, 0.29) is 6.09 Å². The highest BCUT2D eigenvalue weighted by Gasteiger charge is 2.07. The lowest BCUT2D eigenvalue weighted by Crippen LogP contribution is -2.25. The molecular weight excluding hydrogens is 252 g/mol. The van der Waals surface area contributed by atoms with E-state index in [1.54, 1.807) is 0 Å². The van der Waals surface area contributed by atoms with Gasteiger partial charge in [-0.25, -0.2) is 4.79 Å². The smallest absolute Gasteiger partial charge is 0.411 e. The minimum Gasteiger partial charge on any atom is -0.449 e. The summed E-state index contributed by atoms with van der Waals surface area (Å²) in [5.74, 6) is 0. The first-order valence-electron chi connectivity index (χ1n) is 7.50. The van der Waals surface area contributed by atoms with Gasteiger partial charge in [0.1, 0.15) is 0 Å². The Morgan fingerprint density at radius 2 is 1.85 bits per heavy atom. The Bertz CT molecular complexity index is 401. The molecule has 0 saturated heterocycles. The third-order valence-corrected chi connectivity index (χ3v) is 2.88. The molecule has 0 saturated carbocycles. The Morgan fingerprint density at radius 1 is 1.15 bits per heavy atom. The van der Waals surface area contributed by atoms with Crippen LogP contribution in [-0.2, 0) is 4.74 Å². The number of nitrogens with one attached hydrogen (secondary N) is 1. The van der Waals surface area contributed by atoms with E-state index in [9.17, 15) is 4.79 Å². The number of rotatable bonds is 8. The highest BCUT2D eigenvalue weighted by atomic mass is 16.5. The van der Waals surface area contributed by atoms with Crippen molar-refractivity contribution in [3.8, 4) is 0 Å². The molecule has 4 heteroatoms. The van der Waals surface area contributed by atoms with Crippen molar-refractivity contribution in [1.29, 1.82) is 0 Å². The van der Waals surface area contributed by atoms with Gasteiger partial charge in [-0.15, -0.1) is 0 Å². The summed E-state index contributed by atoms with van der Waals surface area (Å²) in [6.07, 6.45) is 2.65. The van der Waals surface area contributed by atoms with Crippen molar-refractivity contribution in [2.45, 2.75) is 40.0 Å². The van der Waals surface area contributed by atoms with Crippen molar-refractivity contribution >= 4 is 17.5 Å². The molecule has 0 aliphatic heterocycles. The van der Waals surface area contributed by atoms with Crippen LogP contribution >= 0.6 is 0 Å². The molecule has 1 aromatic carbocycles. The molecular formula is C16H26N2O2. The number of hydrogen-bond acceptors (Lipinski definition) is 3. The molecule has 0 fully saturated rings. The van der Waals surface area contributed by atoms with Gasteiger partial charge in [0.15, 0.2) is 0 Å². The fourth-order valence-electron chi connectivity index (χ4n) is 2.04. The van der Waals surface area contributed by atoms with Crippen LogP contribution in [0.1, 0.15) is 40.0 Å². The summed E-state index contributed by atoms with van der Waals surface area (Å²) in [5, 5.41) is 2.77. The number of amides is 1. The molecule has 0 heterocycles. The molecule has 0 aliphatic rings. The molecule has 0 unspecified atom stereocenters. The summed E-state index contributed by atoms with van der Waals surface area (Å²) in [7, 11) is 0. The molecule has 112 valence electrons. The maximum atomic E-state index is 11.6. The van der Waals surface area contributed by atoms with E-state index in [1.807, 2.05) is 25.1 Å². The minimum absolute atomic E-state index is 0.387.